The van der Waals surface area contributed by atoms with Crippen molar-refractivity contribution < 1.29 is 14.4 Å². The Morgan fingerprint density at radius 2 is 1.86 bits per heavy atom. The number of hydrogen-bond acceptors (Lipinski definition) is 5. The van der Waals surface area contributed by atoms with Crippen LogP contribution in [0.2, 0.25) is 0 Å². The first-order valence-electron chi connectivity index (χ1n) is 10.5. The van der Waals surface area contributed by atoms with Gasteiger partial charge in [0.25, 0.3) is 0 Å². The minimum absolute atomic E-state index is 0.0113. The Morgan fingerprint density at radius 3 is 2.59 bits per heavy atom. The summed E-state index contributed by atoms with van der Waals surface area (Å²) in [6.07, 6.45) is 6.87. The van der Waals surface area contributed by atoms with Crippen molar-refractivity contribution >= 4 is 17.7 Å². The number of likely N-dealkylation sites (tertiary alicyclic amines) is 2. The second-order valence-electron chi connectivity index (χ2n) is 8.55. The van der Waals surface area contributed by atoms with Crippen molar-refractivity contribution in [1.29, 1.82) is 0 Å². The molecular formula is C21H29N5O3. The van der Waals surface area contributed by atoms with Crippen LogP contribution in [-0.2, 0) is 20.9 Å². The van der Waals surface area contributed by atoms with Crippen LogP contribution >= 0.6 is 0 Å². The summed E-state index contributed by atoms with van der Waals surface area (Å²) in [6.45, 7) is 4.80. The molecule has 3 aliphatic rings. The van der Waals surface area contributed by atoms with Gasteiger partial charge in [0.15, 0.2) is 0 Å². The van der Waals surface area contributed by atoms with Crippen LogP contribution in [0.15, 0.2) is 24.5 Å². The number of nitrogens with one attached hydrogen (secondary N) is 1. The van der Waals surface area contributed by atoms with Gasteiger partial charge in [0, 0.05) is 58.1 Å². The molecule has 0 unspecified atom stereocenters. The minimum Gasteiger partial charge on any atom is -0.354 e. The van der Waals surface area contributed by atoms with Gasteiger partial charge in [-0.25, -0.2) is 0 Å². The van der Waals surface area contributed by atoms with Gasteiger partial charge in [0.1, 0.15) is 0 Å². The molecular weight excluding hydrogens is 370 g/mol. The fourth-order valence-electron chi connectivity index (χ4n) is 4.71. The first kappa shape index (κ1) is 19.8. The molecule has 3 aliphatic heterocycles. The fraction of sp³-hybridized carbons (Fsp3) is 0.619. The predicted molar refractivity (Wildman–Crippen MR) is 107 cm³/mol. The summed E-state index contributed by atoms with van der Waals surface area (Å²) in [5, 5.41) is 2.79. The van der Waals surface area contributed by atoms with Crippen molar-refractivity contribution in [2.75, 3.05) is 45.8 Å². The molecule has 8 nitrogen and oxygen atoms in total. The molecule has 8 heteroatoms. The van der Waals surface area contributed by atoms with Crippen molar-refractivity contribution in [3.8, 4) is 0 Å². The minimum atomic E-state index is -0.0113. The number of nitrogens with zero attached hydrogens (tertiary/aromatic N) is 4. The number of piperidine rings is 2. The number of carbonyl (C=O) groups is 3. The molecule has 1 aromatic heterocycles. The van der Waals surface area contributed by atoms with Gasteiger partial charge in [-0.3, -0.25) is 24.3 Å². The smallest absolute Gasteiger partial charge is 0.236 e. The van der Waals surface area contributed by atoms with Crippen molar-refractivity contribution in [2.24, 2.45) is 5.41 Å². The van der Waals surface area contributed by atoms with Gasteiger partial charge in [-0.15, -0.1) is 0 Å². The molecule has 0 atom stereocenters. The standard InChI is InChI=1S/C21H29N5O3/c27-18-14-24(12-9-23-18)15-20(29)25-10-5-21(6-11-25)4-1-19(28)26(16-21)13-17-2-7-22-8-3-17/h2-3,7-8H,1,4-6,9-16H2,(H,23,27). The van der Waals surface area contributed by atoms with Crippen LogP contribution in [-0.4, -0.2) is 83.2 Å². The second-order valence-corrected chi connectivity index (χ2v) is 8.55. The van der Waals surface area contributed by atoms with Gasteiger partial charge in [-0.1, -0.05) is 0 Å². The summed E-state index contributed by atoms with van der Waals surface area (Å²) in [7, 11) is 0. The highest BCUT2D eigenvalue weighted by Crippen LogP contribution is 2.40. The lowest BCUT2D eigenvalue weighted by atomic mass is 9.72. The average molecular weight is 399 g/mol. The summed E-state index contributed by atoms with van der Waals surface area (Å²) in [4.78, 5) is 46.5. The van der Waals surface area contributed by atoms with Crippen LogP contribution in [0.1, 0.15) is 31.2 Å². The summed E-state index contributed by atoms with van der Waals surface area (Å²) >= 11 is 0. The lowest BCUT2D eigenvalue weighted by molar-refractivity contribution is -0.143. The SMILES string of the molecule is O=C1CN(CC(=O)N2CCC3(CCC(=O)N(Cc4ccncc4)C3)CC2)CCN1. The van der Waals surface area contributed by atoms with Crippen molar-refractivity contribution in [3.05, 3.63) is 30.1 Å². The van der Waals surface area contributed by atoms with Crippen molar-refractivity contribution in [2.45, 2.75) is 32.2 Å². The molecule has 0 radical (unpaired) electrons. The third kappa shape index (κ3) is 4.75. The van der Waals surface area contributed by atoms with E-state index in [1.54, 1.807) is 12.4 Å². The van der Waals surface area contributed by atoms with E-state index in [4.69, 9.17) is 0 Å². The fourth-order valence-corrected chi connectivity index (χ4v) is 4.71. The van der Waals surface area contributed by atoms with E-state index in [2.05, 4.69) is 10.3 Å². The Kier molecular flexibility index (Phi) is 5.80. The van der Waals surface area contributed by atoms with Gasteiger partial charge in [-0.05, 0) is 42.4 Å². The van der Waals surface area contributed by atoms with Crippen LogP contribution in [0.5, 0.6) is 0 Å². The number of amides is 3. The molecule has 1 aromatic rings. The Hall–Kier alpha value is -2.48. The second kappa shape index (κ2) is 8.49. The maximum atomic E-state index is 12.7. The number of rotatable bonds is 4. The molecule has 156 valence electrons. The summed E-state index contributed by atoms with van der Waals surface area (Å²) < 4.78 is 0. The van der Waals surface area contributed by atoms with E-state index in [9.17, 15) is 14.4 Å². The van der Waals surface area contributed by atoms with Crippen LogP contribution in [0, 0.1) is 5.41 Å². The van der Waals surface area contributed by atoms with Gasteiger partial charge in [0.05, 0.1) is 13.1 Å². The zero-order valence-electron chi connectivity index (χ0n) is 16.8. The summed E-state index contributed by atoms with van der Waals surface area (Å²) in [5.74, 6) is 0.312. The van der Waals surface area contributed by atoms with E-state index < -0.39 is 0 Å². The van der Waals surface area contributed by atoms with Crippen LogP contribution < -0.4 is 5.32 Å². The largest absolute Gasteiger partial charge is 0.354 e. The van der Waals surface area contributed by atoms with Gasteiger partial charge < -0.3 is 15.1 Å². The number of hydrogen-bond donors (Lipinski definition) is 1. The molecule has 3 fully saturated rings. The van der Waals surface area contributed by atoms with E-state index in [1.807, 2.05) is 26.8 Å². The maximum Gasteiger partial charge on any atom is 0.236 e. The Balaban J connectivity index is 1.31. The van der Waals surface area contributed by atoms with Gasteiger partial charge in [-0.2, -0.15) is 0 Å². The molecule has 0 aromatic carbocycles. The Bertz CT molecular complexity index is 761. The van der Waals surface area contributed by atoms with Crippen LogP contribution in [0.3, 0.4) is 0 Å². The Labute approximate surface area is 171 Å². The van der Waals surface area contributed by atoms with Gasteiger partial charge >= 0.3 is 0 Å². The molecule has 4 heterocycles. The highest BCUT2D eigenvalue weighted by molar-refractivity contribution is 5.82. The van der Waals surface area contributed by atoms with Crippen molar-refractivity contribution in [1.82, 2.24) is 25.0 Å². The van der Waals surface area contributed by atoms with E-state index in [-0.39, 0.29) is 23.1 Å². The van der Waals surface area contributed by atoms with E-state index in [0.717, 1.165) is 51.0 Å². The topological polar surface area (TPSA) is 85.9 Å². The summed E-state index contributed by atoms with van der Waals surface area (Å²) in [5.41, 5.74) is 1.21. The zero-order valence-corrected chi connectivity index (χ0v) is 16.8. The number of aromatic nitrogens is 1. The molecule has 3 amide bonds. The third-order valence-corrected chi connectivity index (χ3v) is 6.52. The van der Waals surface area contributed by atoms with Crippen molar-refractivity contribution in [3.63, 3.8) is 0 Å². The molecule has 1 spiro atoms. The molecule has 0 saturated carbocycles. The van der Waals surface area contributed by atoms with E-state index >= 15 is 0 Å². The molecule has 0 bridgehead atoms. The normalized spacial score (nSPS) is 22.6. The molecule has 3 saturated heterocycles. The number of piperazine rings is 1. The predicted octanol–water partition coefficient (Wildman–Crippen LogP) is 0.245. The lowest BCUT2D eigenvalue weighted by Gasteiger charge is -2.47. The molecule has 4 rings (SSSR count). The highest BCUT2D eigenvalue weighted by atomic mass is 16.2. The third-order valence-electron chi connectivity index (χ3n) is 6.52. The first-order valence-corrected chi connectivity index (χ1v) is 10.5. The monoisotopic (exact) mass is 399 g/mol. The van der Waals surface area contributed by atoms with E-state index in [1.165, 1.54) is 0 Å². The van der Waals surface area contributed by atoms with Crippen LogP contribution in [0.4, 0.5) is 0 Å². The number of pyridine rings is 1. The lowest BCUT2D eigenvalue weighted by Crippen LogP contribution is -2.54. The van der Waals surface area contributed by atoms with Gasteiger partial charge in [0.2, 0.25) is 17.7 Å². The highest BCUT2D eigenvalue weighted by Gasteiger charge is 2.41. The average Bonchev–Trinajstić information content (AvgIpc) is 2.72. The molecule has 0 aliphatic carbocycles. The van der Waals surface area contributed by atoms with E-state index in [0.29, 0.717) is 32.6 Å². The van der Waals surface area contributed by atoms with Crippen LogP contribution in [0.25, 0.3) is 0 Å². The zero-order chi connectivity index (χ0) is 20.3. The maximum absolute atomic E-state index is 12.7. The Morgan fingerprint density at radius 1 is 1.10 bits per heavy atom. The molecule has 1 N–H and O–H groups in total. The first-order chi connectivity index (χ1) is 14.0. The quantitative estimate of drug-likeness (QED) is 0.784. The number of carbonyl (C=O) groups excluding carboxylic acids is 3. The molecule has 29 heavy (non-hydrogen) atoms. The summed E-state index contributed by atoms with van der Waals surface area (Å²) in [6, 6.07) is 3.91.